The summed E-state index contributed by atoms with van der Waals surface area (Å²) >= 11 is 0. The van der Waals surface area contributed by atoms with Gasteiger partial charge in [-0.3, -0.25) is 4.79 Å². The summed E-state index contributed by atoms with van der Waals surface area (Å²) in [5, 5.41) is 4.74. The Balaban J connectivity index is 1.75. The average molecular weight is 380 g/mol. The van der Waals surface area contributed by atoms with Crippen LogP contribution in [0.4, 0.5) is 0 Å². The Morgan fingerprint density at radius 2 is 1.28 bits per heavy atom. The van der Waals surface area contributed by atoms with Crippen molar-refractivity contribution in [1.29, 1.82) is 0 Å². The number of nitrogens with zero attached hydrogens (tertiary/aromatic N) is 2. The summed E-state index contributed by atoms with van der Waals surface area (Å²) in [5.74, 6) is -0.320. The van der Waals surface area contributed by atoms with Crippen molar-refractivity contribution in [2.24, 2.45) is 0 Å². The van der Waals surface area contributed by atoms with Gasteiger partial charge < -0.3 is 4.74 Å². The first kappa shape index (κ1) is 17.4. The van der Waals surface area contributed by atoms with E-state index < -0.39 is 5.92 Å². The molecule has 29 heavy (non-hydrogen) atoms. The van der Waals surface area contributed by atoms with E-state index in [0.717, 1.165) is 28.1 Å². The first-order chi connectivity index (χ1) is 14.2. The quantitative estimate of drug-likeness (QED) is 0.469. The standard InChI is InChI=1S/C25H20N2O2/c1-17-21-22(18-11-5-2-6-12-18)23(19-13-7-3-8-14-19)25(28)29-24(21)27(26-17)20-15-9-4-10-16-20/h2-16,22-23H,1H3/t22-,23+/m1/s1. The molecular formula is C25H20N2O2. The molecule has 142 valence electrons. The van der Waals surface area contributed by atoms with Crippen molar-refractivity contribution in [1.82, 2.24) is 9.78 Å². The zero-order chi connectivity index (χ0) is 19.8. The summed E-state index contributed by atoms with van der Waals surface area (Å²) in [6.45, 7) is 1.98. The van der Waals surface area contributed by atoms with Gasteiger partial charge in [-0.05, 0) is 30.2 Å². The van der Waals surface area contributed by atoms with Gasteiger partial charge in [0.05, 0.1) is 17.3 Å². The molecule has 2 heterocycles. The third-order valence-corrected chi connectivity index (χ3v) is 5.48. The third-order valence-electron chi connectivity index (χ3n) is 5.48. The van der Waals surface area contributed by atoms with E-state index in [1.807, 2.05) is 85.8 Å². The Morgan fingerprint density at radius 3 is 1.86 bits per heavy atom. The highest BCUT2D eigenvalue weighted by Crippen LogP contribution is 2.48. The topological polar surface area (TPSA) is 44.1 Å². The van der Waals surface area contributed by atoms with Crippen LogP contribution in [-0.4, -0.2) is 15.7 Å². The molecule has 0 amide bonds. The molecule has 0 radical (unpaired) electrons. The highest BCUT2D eigenvalue weighted by Gasteiger charge is 2.43. The maximum absolute atomic E-state index is 13.3. The highest BCUT2D eigenvalue weighted by atomic mass is 16.5. The molecule has 0 saturated carbocycles. The number of aromatic nitrogens is 2. The SMILES string of the molecule is Cc1nn(-c2ccccc2)c2c1[C@@H](c1ccccc1)[C@H](c1ccccc1)C(=O)O2. The van der Waals surface area contributed by atoms with E-state index in [2.05, 4.69) is 12.1 Å². The second kappa shape index (κ2) is 7.06. The van der Waals surface area contributed by atoms with Gasteiger partial charge in [0, 0.05) is 11.5 Å². The molecule has 0 fully saturated rings. The van der Waals surface area contributed by atoms with Crippen molar-refractivity contribution < 1.29 is 9.53 Å². The van der Waals surface area contributed by atoms with E-state index in [-0.39, 0.29) is 11.9 Å². The van der Waals surface area contributed by atoms with Crippen LogP contribution in [0.1, 0.15) is 34.2 Å². The lowest BCUT2D eigenvalue weighted by molar-refractivity contribution is -0.138. The largest absolute Gasteiger partial charge is 0.407 e. The Kier molecular flexibility index (Phi) is 4.24. The van der Waals surface area contributed by atoms with Crippen LogP contribution in [0.25, 0.3) is 5.69 Å². The molecule has 1 aliphatic heterocycles. The zero-order valence-corrected chi connectivity index (χ0v) is 16.0. The van der Waals surface area contributed by atoms with Crippen LogP contribution in [0.5, 0.6) is 5.88 Å². The van der Waals surface area contributed by atoms with Crippen molar-refractivity contribution in [3.8, 4) is 11.6 Å². The lowest BCUT2D eigenvalue weighted by Crippen LogP contribution is -2.31. The van der Waals surface area contributed by atoms with Crippen LogP contribution in [0.3, 0.4) is 0 Å². The van der Waals surface area contributed by atoms with Crippen molar-refractivity contribution in [3.05, 3.63) is 113 Å². The smallest absolute Gasteiger partial charge is 0.321 e. The predicted octanol–water partition coefficient (Wildman–Crippen LogP) is 5.02. The lowest BCUT2D eigenvalue weighted by Gasteiger charge is -2.31. The Labute approximate surface area is 169 Å². The van der Waals surface area contributed by atoms with Crippen molar-refractivity contribution in [2.45, 2.75) is 18.8 Å². The van der Waals surface area contributed by atoms with Crippen LogP contribution < -0.4 is 4.74 Å². The Morgan fingerprint density at radius 1 is 0.759 bits per heavy atom. The predicted molar refractivity (Wildman–Crippen MR) is 111 cm³/mol. The van der Waals surface area contributed by atoms with E-state index >= 15 is 0 Å². The summed E-state index contributed by atoms with van der Waals surface area (Å²) in [5.41, 5.74) is 4.73. The number of carbonyl (C=O) groups is 1. The van der Waals surface area contributed by atoms with Crippen LogP contribution >= 0.6 is 0 Å². The van der Waals surface area contributed by atoms with E-state index in [0.29, 0.717) is 5.88 Å². The fraction of sp³-hybridized carbons (Fsp3) is 0.120. The van der Waals surface area contributed by atoms with Gasteiger partial charge in [0.2, 0.25) is 5.88 Å². The van der Waals surface area contributed by atoms with Crippen LogP contribution in [0, 0.1) is 6.92 Å². The maximum Gasteiger partial charge on any atom is 0.321 e. The number of fused-ring (bicyclic) bond motifs is 1. The molecule has 4 nitrogen and oxygen atoms in total. The number of carbonyl (C=O) groups excluding carboxylic acids is 1. The summed E-state index contributed by atoms with van der Waals surface area (Å²) in [4.78, 5) is 13.3. The molecule has 0 bridgehead atoms. The molecule has 4 aromatic rings. The number of rotatable bonds is 3. The molecule has 4 heteroatoms. The van der Waals surface area contributed by atoms with Gasteiger partial charge in [-0.1, -0.05) is 78.9 Å². The molecule has 5 rings (SSSR count). The van der Waals surface area contributed by atoms with Gasteiger partial charge in [0.15, 0.2) is 0 Å². The third kappa shape index (κ3) is 2.93. The van der Waals surface area contributed by atoms with E-state index in [1.54, 1.807) is 4.68 Å². The van der Waals surface area contributed by atoms with Gasteiger partial charge >= 0.3 is 5.97 Å². The van der Waals surface area contributed by atoms with E-state index in [4.69, 9.17) is 9.84 Å². The molecule has 0 saturated heterocycles. The van der Waals surface area contributed by atoms with E-state index in [9.17, 15) is 4.79 Å². The summed E-state index contributed by atoms with van der Waals surface area (Å²) in [6.07, 6.45) is 0. The number of esters is 1. The number of benzene rings is 3. The molecule has 3 aromatic carbocycles. The zero-order valence-electron chi connectivity index (χ0n) is 16.0. The van der Waals surface area contributed by atoms with Crippen molar-refractivity contribution >= 4 is 5.97 Å². The lowest BCUT2D eigenvalue weighted by atomic mass is 9.76. The molecule has 0 unspecified atom stereocenters. The van der Waals surface area contributed by atoms with Crippen LogP contribution in [0.2, 0.25) is 0 Å². The van der Waals surface area contributed by atoms with Crippen molar-refractivity contribution in [2.75, 3.05) is 0 Å². The molecule has 2 atom stereocenters. The monoisotopic (exact) mass is 380 g/mol. The van der Waals surface area contributed by atoms with E-state index in [1.165, 1.54) is 0 Å². The normalized spacial score (nSPS) is 18.2. The van der Waals surface area contributed by atoms with Gasteiger partial charge in [0.25, 0.3) is 0 Å². The number of aryl methyl sites for hydroxylation is 1. The van der Waals surface area contributed by atoms with Crippen molar-refractivity contribution in [3.63, 3.8) is 0 Å². The van der Waals surface area contributed by atoms with Crippen LogP contribution in [0.15, 0.2) is 91.0 Å². The van der Waals surface area contributed by atoms with Crippen LogP contribution in [-0.2, 0) is 4.79 Å². The van der Waals surface area contributed by atoms with Gasteiger partial charge in [-0.15, -0.1) is 0 Å². The fourth-order valence-electron chi connectivity index (χ4n) is 4.19. The number of hydrogen-bond acceptors (Lipinski definition) is 3. The summed E-state index contributed by atoms with van der Waals surface area (Å²) in [6, 6.07) is 29.8. The molecule has 0 aliphatic carbocycles. The average Bonchev–Trinajstić information content (AvgIpc) is 3.10. The number of para-hydroxylation sites is 1. The van der Waals surface area contributed by atoms with Gasteiger partial charge in [-0.2, -0.15) is 5.10 Å². The summed E-state index contributed by atoms with van der Waals surface area (Å²) < 4.78 is 7.65. The number of hydrogen-bond donors (Lipinski definition) is 0. The molecule has 0 N–H and O–H groups in total. The first-order valence-electron chi connectivity index (χ1n) is 9.70. The molecule has 0 spiro atoms. The van der Waals surface area contributed by atoms with Gasteiger partial charge in [0.1, 0.15) is 0 Å². The fourth-order valence-corrected chi connectivity index (χ4v) is 4.19. The molecule has 1 aliphatic rings. The maximum atomic E-state index is 13.3. The summed E-state index contributed by atoms with van der Waals surface area (Å²) in [7, 11) is 0. The Bertz CT molecular complexity index is 1150. The highest BCUT2D eigenvalue weighted by molar-refractivity contribution is 5.85. The number of ether oxygens (including phenoxy) is 1. The Hall–Kier alpha value is -3.66. The minimum atomic E-state index is -0.418. The molecular weight excluding hydrogens is 360 g/mol. The first-order valence-corrected chi connectivity index (χ1v) is 9.70. The second-order valence-corrected chi connectivity index (χ2v) is 7.25. The minimum Gasteiger partial charge on any atom is -0.407 e. The minimum absolute atomic E-state index is 0.160. The molecule has 1 aromatic heterocycles. The second-order valence-electron chi connectivity index (χ2n) is 7.25. The van der Waals surface area contributed by atoms with Gasteiger partial charge in [-0.25, -0.2) is 4.68 Å².